The van der Waals surface area contributed by atoms with Crippen LogP contribution >= 0.6 is 0 Å². The fourth-order valence-corrected chi connectivity index (χ4v) is 0. The van der Waals surface area contributed by atoms with E-state index in [9.17, 15) is 0 Å². The van der Waals surface area contributed by atoms with Gasteiger partial charge in [-0.25, -0.2) is 0 Å². The van der Waals surface area contributed by atoms with Gasteiger partial charge in [-0.05, 0) is 0 Å². The molecule has 0 spiro atoms. The van der Waals surface area contributed by atoms with Gasteiger partial charge in [-0.3, -0.25) is 0 Å². The zero-order valence-corrected chi connectivity index (χ0v) is 6.12. The van der Waals surface area contributed by atoms with Gasteiger partial charge in [0.25, 0.3) is 0 Å². The summed E-state index contributed by atoms with van der Waals surface area (Å²) in [5, 5.41) is 0. The van der Waals surface area contributed by atoms with Gasteiger partial charge in [-0.1, -0.05) is 27.2 Å². The minimum absolute atomic E-state index is 0. The van der Waals surface area contributed by atoms with E-state index in [1.807, 2.05) is 13.8 Å². The smallest absolute Gasteiger partial charge is 0.343 e. The molecule has 0 nitrogen and oxygen atoms in total. The minimum atomic E-state index is 0. The van der Waals surface area contributed by atoms with Crippen LogP contribution in [0.3, 0.4) is 0 Å². The second kappa shape index (κ2) is 30.6. The average molecular weight is 94.1 g/mol. The molecular weight excluding hydrogens is 79.0 g/mol. The molecule has 0 aromatic heterocycles. The van der Waals surface area contributed by atoms with Crippen molar-refractivity contribution >= 4 is 0 Å². The van der Waals surface area contributed by atoms with Gasteiger partial charge >= 0.3 is 18.9 Å². The van der Waals surface area contributed by atoms with E-state index in [0.717, 1.165) is 6.42 Å². The molecule has 0 radical (unpaired) electrons. The largest absolute Gasteiger partial charge is 1.00 e. The molecule has 0 unspecified atom stereocenters. The first-order valence-electron chi connectivity index (χ1n) is 2.71. The van der Waals surface area contributed by atoms with Crippen LogP contribution in [0.4, 0.5) is 0 Å². The van der Waals surface area contributed by atoms with Crippen LogP contribution in [0.1, 0.15) is 33.6 Å². The third-order valence-electron chi connectivity index (χ3n) is 0.354. The molecule has 0 aromatic carbocycles. The van der Waals surface area contributed by atoms with Crippen molar-refractivity contribution in [3.8, 4) is 0 Å². The second-order valence-electron chi connectivity index (χ2n) is 0.854. The van der Waals surface area contributed by atoms with Gasteiger partial charge in [-0.15, -0.1) is 0 Å². The molecule has 0 saturated carbocycles. The van der Waals surface area contributed by atoms with Crippen LogP contribution < -0.4 is 18.9 Å². The number of hydrogen-bond donors (Lipinski definition) is 0. The number of unbranched alkanes of at least 4 members (excludes halogenated alkanes) is 1. The van der Waals surface area contributed by atoms with Crippen LogP contribution in [0.15, 0.2) is 0 Å². The summed E-state index contributed by atoms with van der Waals surface area (Å²) in [6, 6.07) is 0. The molecular formula is C6H15Li. The Morgan fingerprint density at radius 2 is 1.43 bits per heavy atom. The van der Waals surface area contributed by atoms with Crippen LogP contribution in [0.2, 0.25) is 0 Å². The molecule has 40 valence electrons. The first-order chi connectivity index (χ1) is 2.91. The minimum Gasteiger partial charge on any atom is -0.343 e. The van der Waals surface area contributed by atoms with Crippen molar-refractivity contribution in [2.45, 2.75) is 33.6 Å². The third kappa shape index (κ3) is 54.6. The molecule has 0 aliphatic carbocycles. The molecule has 1 heteroatoms. The second-order valence-corrected chi connectivity index (χ2v) is 0.854. The van der Waals surface area contributed by atoms with Gasteiger partial charge < -0.3 is 6.92 Å². The summed E-state index contributed by atoms with van der Waals surface area (Å²) < 4.78 is 0. The Balaban J connectivity index is -0.0000000480. The van der Waals surface area contributed by atoms with Gasteiger partial charge in [0.2, 0.25) is 0 Å². The predicted octanol–water partition coefficient (Wildman–Crippen LogP) is -0.349. The molecule has 0 amide bonds. The molecule has 0 aromatic rings. The van der Waals surface area contributed by atoms with Crippen molar-refractivity contribution in [1.29, 1.82) is 0 Å². The summed E-state index contributed by atoms with van der Waals surface area (Å²) in [5.41, 5.74) is 0. The molecule has 0 fully saturated rings. The van der Waals surface area contributed by atoms with Crippen molar-refractivity contribution < 1.29 is 18.9 Å². The zero-order chi connectivity index (χ0) is 5.41. The summed E-state index contributed by atoms with van der Waals surface area (Å²) >= 11 is 0. The maximum absolute atomic E-state index is 3.60. The Hall–Kier alpha value is 0.597. The van der Waals surface area contributed by atoms with E-state index in [2.05, 4.69) is 13.8 Å². The molecule has 0 atom stereocenters. The van der Waals surface area contributed by atoms with Crippen LogP contribution in [0.25, 0.3) is 0 Å². The Bertz CT molecular complexity index is 6.14. The number of hydrogen-bond acceptors (Lipinski definition) is 0. The molecule has 0 N–H and O–H groups in total. The van der Waals surface area contributed by atoms with E-state index in [-0.39, 0.29) is 18.9 Å². The topological polar surface area (TPSA) is 0 Å². The van der Waals surface area contributed by atoms with E-state index in [1.165, 1.54) is 6.42 Å². The van der Waals surface area contributed by atoms with Crippen molar-refractivity contribution in [2.24, 2.45) is 0 Å². The third-order valence-corrected chi connectivity index (χ3v) is 0.354. The predicted molar refractivity (Wildman–Crippen MR) is 31.6 cm³/mol. The first kappa shape index (κ1) is 15.6. The molecule has 0 aliphatic rings. The fourth-order valence-electron chi connectivity index (χ4n) is 0. The van der Waals surface area contributed by atoms with Crippen molar-refractivity contribution in [1.82, 2.24) is 0 Å². The van der Waals surface area contributed by atoms with Crippen molar-refractivity contribution in [2.75, 3.05) is 0 Å². The van der Waals surface area contributed by atoms with E-state index < -0.39 is 0 Å². The van der Waals surface area contributed by atoms with Crippen molar-refractivity contribution in [3.63, 3.8) is 0 Å². The summed E-state index contributed by atoms with van der Waals surface area (Å²) in [5.74, 6) is 0. The van der Waals surface area contributed by atoms with Gasteiger partial charge in [0, 0.05) is 0 Å². The monoisotopic (exact) mass is 94.1 g/mol. The average Bonchev–Trinajstić information content (AvgIpc) is 1.72. The van der Waals surface area contributed by atoms with Gasteiger partial charge in [-0.2, -0.15) is 6.42 Å². The van der Waals surface area contributed by atoms with Crippen LogP contribution in [-0.4, -0.2) is 0 Å². The summed E-state index contributed by atoms with van der Waals surface area (Å²) in [7, 11) is 0. The molecule has 0 heterocycles. The van der Waals surface area contributed by atoms with Crippen molar-refractivity contribution in [3.05, 3.63) is 6.92 Å². The molecule has 0 saturated heterocycles. The summed E-state index contributed by atoms with van der Waals surface area (Å²) in [6.45, 7) is 9.72. The summed E-state index contributed by atoms with van der Waals surface area (Å²) in [6.07, 6.45) is 2.28. The SMILES string of the molecule is CC.[CH2-]CCC.[Li+]. The van der Waals surface area contributed by atoms with Gasteiger partial charge in [0.05, 0.1) is 0 Å². The molecule has 0 bridgehead atoms. The first-order valence-corrected chi connectivity index (χ1v) is 2.71. The Labute approximate surface area is 59.9 Å². The van der Waals surface area contributed by atoms with Gasteiger partial charge in [0.1, 0.15) is 0 Å². The quantitative estimate of drug-likeness (QED) is 0.308. The van der Waals surface area contributed by atoms with E-state index in [1.54, 1.807) is 0 Å². The normalized spacial score (nSPS) is 5.14. The fraction of sp³-hybridized carbons (Fsp3) is 0.833. The zero-order valence-electron chi connectivity index (χ0n) is 6.12. The Morgan fingerprint density at radius 1 is 1.29 bits per heavy atom. The molecule has 0 rings (SSSR count). The van der Waals surface area contributed by atoms with E-state index in [4.69, 9.17) is 0 Å². The van der Waals surface area contributed by atoms with Crippen LogP contribution in [0.5, 0.6) is 0 Å². The Morgan fingerprint density at radius 3 is 1.43 bits per heavy atom. The molecule has 7 heavy (non-hydrogen) atoms. The summed E-state index contributed by atoms with van der Waals surface area (Å²) in [4.78, 5) is 0. The maximum atomic E-state index is 3.60. The number of rotatable bonds is 1. The molecule has 0 aliphatic heterocycles. The maximum Gasteiger partial charge on any atom is 1.00 e. The van der Waals surface area contributed by atoms with E-state index >= 15 is 0 Å². The Kier molecular flexibility index (Phi) is 68.5. The standard InChI is InChI=1S/C4H9.C2H6.Li/c1-3-4-2;1-2;/h1,3-4H2,2H3;1-2H3;/q-1;;+1. The van der Waals surface area contributed by atoms with Crippen LogP contribution in [0, 0.1) is 6.92 Å². The van der Waals surface area contributed by atoms with E-state index in [0.29, 0.717) is 0 Å². The van der Waals surface area contributed by atoms with Gasteiger partial charge in [0.15, 0.2) is 0 Å². The van der Waals surface area contributed by atoms with Crippen LogP contribution in [-0.2, 0) is 0 Å².